The third-order valence-corrected chi connectivity index (χ3v) is 3.05. The van der Waals surface area contributed by atoms with Gasteiger partial charge in [0.05, 0.1) is 0 Å². The molecule has 1 aromatic heterocycles. The Morgan fingerprint density at radius 2 is 2.47 bits per heavy atom. The van der Waals surface area contributed by atoms with Crippen LogP contribution in [0.4, 0.5) is 0 Å². The first-order valence-corrected chi connectivity index (χ1v) is 6.08. The van der Waals surface area contributed by atoms with E-state index in [1.54, 1.807) is 0 Å². The second-order valence-corrected chi connectivity index (χ2v) is 5.02. The SMILES string of the molecule is C[C@H]1CN(Cc2cncc(Br)c2)CCN1. The number of hydrogen-bond donors (Lipinski definition) is 1. The van der Waals surface area contributed by atoms with Crippen molar-refractivity contribution in [2.24, 2.45) is 0 Å². The standard InChI is InChI=1S/C11H16BrN3/c1-9-7-15(3-2-14-9)8-10-4-11(12)6-13-5-10/h4-6,9,14H,2-3,7-8H2,1H3/t9-/m0/s1. The van der Waals surface area contributed by atoms with Gasteiger partial charge in [-0.15, -0.1) is 0 Å². The number of piperazine rings is 1. The van der Waals surface area contributed by atoms with Gasteiger partial charge in [-0.05, 0) is 34.5 Å². The lowest BCUT2D eigenvalue weighted by Gasteiger charge is -2.31. The molecule has 0 saturated carbocycles. The van der Waals surface area contributed by atoms with Gasteiger partial charge in [-0.25, -0.2) is 0 Å². The molecule has 0 bridgehead atoms. The van der Waals surface area contributed by atoms with E-state index in [1.807, 2.05) is 12.4 Å². The predicted molar refractivity (Wildman–Crippen MR) is 64.7 cm³/mol. The normalized spacial score (nSPS) is 22.9. The second-order valence-electron chi connectivity index (χ2n) is 4.10. The first-order valence-electron chi connectivity index (χ1n) is 5.29. The Kier molecular flexibility index (Phi) is 3.72. The van der Waals surface area contributed by atoms with Crippen molar-refractivity contribution in [1.29, 1.82) is 0 Å². The second kappa shape index (κ2) is 5.05. The van der Waals surface area contributed by atoms with Crippen LogP contribution in [0.25, 0.3) is 0 Å². The van der Waals surface area contributed by atoms with Crippen LogP contribution in [0.2, 0.25) is 0 Å². The highest BCUT2D eigenvalue weighted by molar-refractivity contribution is 9.10. The van der Waals surface area contributed by atoms with Crippen LogP contribution in [0.1, 0.15) is 12.5 Å². The average molecular weight is 270 g/mol. The molecule has 2 rings (SSSR count). The smallest absolute Gasteiger partial charge is 0.0410 e. The molecule has 0 unspecified atom stereocenters. The van der Waals surface area contributed by atoms with Gasteiger partial charge in [0.15, 0.2) is 0 Å². The molecular formula is C11H16BrN3. The Labute approximate surface area is 99.0 Å². The van der Waals surface area contributed by atoms with E-state index in [0.29, 0.717) is 6.04 Å². The minimum Gasteiger partial charge on any atom is -0.312 e. The van der Waals surface area contributed by atoms with Crippen LogP contribution in [-0.4, -0.2) is 35.6 Å². The molecule has 1 aromatic rings. The van der Waals surface area contributed by atoms with Crippen molar-refractivity contribution in [3.63, 3.8) is 0 Å². The van der Waals surface area contributed by atoms with Gasteiger partial charge in [0, 0.05) is 49.1 Å². The maximum Gasteiger partial charge on any atom is 0.0410 e. The summed E-state index contributed by atoms with van der Waals surface area (Å²) in [5.41, 5.74) is 1.28. The topological polar surface area (TPSA) is 28.2 Å². The van der Waals surface area contributed by atoms with Crippen molar-refractivity contribution in [3.05, 3.63) is 28.5 Å². The number of halogens is 1. The molecule has 0 aliphatic carbocycles. The molecule has 0 radical (unpaired) electrons. The summed E-state index contributed by atoms with van der Waals surface area (Å²) in [4.78, 5) is 6.64. The Hall–Kier alpha value is -0.450. The zero-order chi connectivity index (χ0) is 10.7. The number of nitrogens with one attached hydrogen (secondary N) is 1. The van der Waals surface area contributed by atoms with Gasteiger partial charge in [-0.2, -0.15) is 0 Å². The molecular weight excluding hydrogens is 254 g/mol. The lowest BCUT2D eigenvalue weighted by molar-refractivity contribution is 0.199. The van der Waals surface area contributed by atoms with Gasteiger partial charge in [0.1, 0.15) is 0 Å². The molecule has 1 aliphatic rings. The molecule has 0 aromatic carbocycles. The summed E-state index contributed by atoms with van der Waals surface area (Å²) in [6.45, 7) is 6.55. The van der Waals surface area contributed by atoms with Gasteiger partial charge >= 0.3 is 0 Å². The van der Waals surface area contributed by atoms with E-state index < -0.39 is 0 Å². The summed E-state index contributed by atoms with van der Waals surface area (Å²) in [6.07, 6.45) is 3.77. The highest BCUT2D eigenvalue weighted by atomic mass is 79.9. The van der Waals surface area contributed by atoms with Crippen LogP contribution >= 0.6 is 15.9 Å². The van der Waals surface area contributed by atoms with E-state index in [9.17, 15) is 0 Å². The van der Waals surface area contributed by atoms with Gasteiger partial charge < -0.3 is 5.32 Å². The van der Waals surface area contributed by atoms with E-state index >= 15 is 0 Å². The van der Waals surface area contributed by atoms with Crippen LogP contribution in [0.15, 0.2) is 22.9 Å². The number of hydrogen-bond acceptors (Lipinski definition) is 3. The molecule has 1 atom stereocenters. The first-order chi connectivity index (χ1) is 7.24. The lowest BCUT2D eigenvalue weighted by atomic mass is 10.2. The van der Waals surface area contributed by atoms with Crippen molar-refractivity contribution in [1.82, 2.24) is 15.2 Å². The number of aromatic nitrogens is 1. The summed E-state index contributed by atoms with van der Waals surface area (Å²) in [7, 11) is 0. The van der Waals surface area contributed by atoms with Crippen molar-refractivity contribution < 1.29 is 0 Å². The van der Waals surface area contributed by atoms with Crippen LogP contribution in [0.5, 0.6) is 0 Å². The fraction of sp³-hybridized carbons (Fsp3) is 0.545. The van der Waals surface area contributed by atoms with Gasteiger partial charge in [-0.1, -0.05) is 0 Å². The monoisotopic (exact) mass is 269 g/mol. The Bertz CT molecular complexity index is 329. The maximum absolute atomic E-state index is 4.18. The summed E-state index contributed by atoms with van der Waals surface area (Å²) >= 11 is 3.45. The minimum atomic E-state index is 0.596. The summed E-state index contributed by atoms with van der Waals surface area (Å²) in [6, 6.07) is 2.73. The Morgan fingerprint density at radius 3 is 3.20 bits per heavy atom. The van der Waals surface area contributed by atoms with Crippen molar-refractivity contribution >= 4 is 15.9 Å². The van der Waals surface area contributed by atoms with E-state index in [2.05, 4.69) is 44.1 Å². The van der Waals surface area contributed by atoms with Crippen LogP contribution < -0.4 is 5.32 Å². The van der Waals surface area contributed by atoms with Crippen LogP contribution in [-0.2, 0) is 6.54 Å². The molecule has 82 valence electrons. The Balaban J connectivity index is 1.96. The molecule has 4 heteroatoms. The van der Waals surface area contributed by atoms with Crippen molar-refractivity contribution in [3.8, 4) is 0 Å². The summed E-state index contributed by atoms with van der Waals surface area (Å²) in [5, 5.41) is 3.44. The number of pyridine rings is 1. The van der Waals surface area contributed by atoms with Crippen LogP contribution in [0, 0.1) is 0 Å². The minimum absolute atomic E-state index is 0.596. The third kappa shape index (κ3) is 3.26. The van der Waals surface area contributed by atoms with E-state index in [0.717, 1.165) is 30.7 Å². The first kappa shape index (κ1) is 11.0. The van der Waals surface area contributed by atoms with Gasteiger partial charge in [0.2, 0.25) is 0 Å². The van der Waals surface area contributed by atoms with Gasteiger partial charge in [-0.3, -0.25) is 9.88 Å². The molecule has 1 N–H and O–H groups in total. The molecule has 1 aliphatic heterocycles. The quantitative estimate of drug-likeness (QED) is 0.885. The number of nitrogens with zero attached hydrogens (tertiary/aromatic N) is 2. The van der Waals surface area contributed by atoms with Crippen molar-refractivity contribution in [2.45, 2.75) is 19.5 Å². The molecule has 1 saturated heterocycles. The largest absolute Gasteiger partial charge is 0.312 e. The summed E-state index contributed by atoms with van der Waals surface area (Å²) in [5.74, 6) is 0. The Morgan fingerprint density at radius 1 is 1.60 bits per heavy atom. The maximum atomic E-state index is 4.18. The third-order valence-electron chi connectivity index (χ3n) is 2.62. The molecule has 0 amide bonds. The van der Waals surface area contributed by atoms with Gasteiger partial charge in [0.25, 0.3) is 0 Å². The fourth-order valence-electron chi connectivity index (χ4n) is 1.96. The van der Waals surface area contributed by atoms with Crippen LogP contribution in [0.3, 0.4) is 0 Å². The fourth-order valence-corrected chi connectivity index (χ4v) is 2.37. The molecule has 3 nitrogen and oxygen atoms in total. The zero-order valence-electron chi connectivity index (χ0n) is 8.91. The highest BCUT2D eigenvalue weighted by Crippen LogP contribution is 2.12. The van der Waals surface area contributed by atoms with E-state index in [1.165, 1.54) is 5.56 Å². The summed E-state index contributed by atoms with van der Waals surface area (Å²) < 4.78 is 1.06. The average Bonchev–Trinajstić information content (AvgIpc) is 2.17. The number of rotatable bonds is 2. The predicted octanol–water partition coefficient (Wildman–Crippen LogP) is 1.64. The molecule has 1 fully saturated rings. The van der Waals surface area contributed by atoms with E-state index in [-0.39, 0.29) is 0 Å². The zero-order valence-corrected chi connectivity index (χ0v) is 10.5. The molecule has 2 heterocycles. The molecule has 0 spiro atoms. The van der Waals surface area contributed by atoms with E-state index in [4.69, 9.17) is 0 Å². The lowest BCUT2D eigenvalue weighted by Crippen LogP contribution is -2.48. The molecule has 15 heavy (non-hydrogen) atoms. The van der Waals surface area contributed by atoms with Crippen molar-refractivity contribution in [2.75, 3.05) is 19.6 Å². The highest BCUT2D eigenvalue weighted by Gasteiger charge is 2.15.